The van der Waals surface area contributed by atoms with Crippen LogP contribution in [0.15, 0.2) is 0 Å². The van der Waals surface area contributed by atoms with Crippen molar-refractivity contribution in [1.82, 2.24) is 0 Å². The van der Waals surface area contributed by atoms with E-state index in [1.54, 1.807) is 13.8 Å². The van der Waals surface area contributed by atoms with Crippen LogP contribution in [0, 0.1) is 22.7 Å². The number of carbonyl (C=O) groups is 3. The first-order valence-electron chi connectivity index (χ1n) is 14.6. The van der Waals surface area contributed by atoms with Gasteiger partial charge in [0, 0.05) is 6.42 Å². The molecule has 5 aliphatic rings. The Labute approximate surface area is 233 Å². The summed E-state index contributed by atoms with van der Waals surface area (Å²) in [5.41, 5.74) is -1.93. The van der Waals surface area contributed by atoms with Crippen molar-refractivity contribution >= 4 is 17.9 Å². The average molecular weight is 555 g/mol. The lowest BCUT2D eigenvalue weighted by Gasteiger charge is -2.59. The topological polar surface area (TPSA) is 118 Å². The quantitative estimate of drug-likeness (QED) is 0.336. The monoisotopic (exact) mass is 554 g/mol. The second-order valence-electron chi connectivity index (χ2n) is 13.6. The Bertz CT molecular complexity index is 881. The molecule has 9 nitrogen and oxygen atoms in total. The summed E-state index contributed by atoms with van der Waals surface area (Å²) in [7, 11) is 0. The number of ether oxygens (including phenoxy) is 5. The molecule has 5 unspecified atom stereocenters. The number of rotatable bonds is 8. The summed E-state index contributed by atoms with van der Waals surface area (Å²) < 4.78 is 26.8. The number of aliphatic hydroxyl groups is 1. The van der Waals surface area contributed by atoms with E-state index in [1.165, 1.54) is 6.42 Å². The summed E-state index contributed by atoms with van der Waals surface area (Å²) in [5.74, 6) is -0.0199. The molecule has 4 saturated carbocycles. The summed E-state index contributed by atoms with van der Waals surface area (Å²) in [4.78, 5) is 35.7. The molecular weight excluding hydrogens is 504 g/mol. The molecule has 9 heteroatoms. The molecule has 5 fully saturated rings. The standard InChI is InChI=1S/C16H26O3.C14H24O6/c1-4-14(2,3)13(17)19-16-8-11-5-12(9-16)7-15(18,6-11)10-16;1-6-14(4,5)13(16)18-7-11(15)20-12-8-17-9(2)10(3)19-12/h11-12,18H,4-10H2,1-3H3;9-10,12H,6-8H2,1-5H3. The predicted octanol–water partition coefficient (Wildman–Crippen LogP) is 4.71. The number of hydrogen-bond acceptors (Lipinski definition) is 9. The minimum atomic E-state index is -0.744. The van der Waals surface area contributed by atoms with Crippen molar-refractivity contribution in [3.05, 3.63) is 0 Å². The van der Waals surface area contributed by atoms with Crippen molar-refractivity contribution in [3.63, 3.8) is 0 Å². The highest BCUT2D eigenvalue weighted by molar-refractivity contribution is 5.79. The van der Waals surface area contributed by atoms with Gasteiger partial charge in [-0.25, -0.2) is 4.79 Å². The normalized spacial score (nSPS) is 35.5. The summed E-state index contributed by atoms with van der Waals surface area (Å²) in [5, 5.41) is 10.6. The zero-order valence-corrected chi connectivity index (χ0v) is 25.2. The van der Waals surface area contributed by atoms with Gasteiger partial charge in [0.25, 0.3) is 0 Å². The van der Waals surface area contributed by atoms with Crippen LogP contribution in [0.1, 0.15) is 107 Å². The van der Waals surface area contributed by atoms with Gasteiger partial charge < -0.3 is 28.8 Å². The first-order valence-corrected chi connectivity index (χ1v) is 14.6. The molecule has 1 aliphatic heterocycles. The SMILES string of the molecule is CCC(C)(C)C(=O)OC12CC3CC(CC(O)(C3)C1)C2.CCC(C)(C)C(=O)OCC(=O)OC1COC(C)C(C)O1. The number of esters is 3. The van der Waals surface area contributed by atoms with E-state index in [0.717, 1.165) is 32.1 Å². The van der Waals surface area contributed by atoms with E-state index < -0.39 is 41.3 Å². The molecular formula is C30H50O9. The molecule has 1 N–H and O–H groups in total. The third-order valence-electron chi connectivity index (χ3n) is 9.27. The van der Waals surface area contributed by atoms with Crippen LogP contribution in [0.25, 0.3) is 0 Å². The van der Waals surface area contributed by atoms with Gasteiger partial charge in [-0.3, -0.25) is 9.59 Å². The Morgan fingerprint density at radius 2 is 1.46 bits per heavy atom. The molecule has 0 aromatic carbocycles. The van der Waals surface area contributed by atoms with Crippen molar-refractivity contribution in [3.8, 4) is 0 Å². The molecule has 39 heavy (non-hydrogen) atoms. The largest absolute Gasteiger partial charge is 0.459 e. The van der Waals surface area contributed by atoms with Gasteiger partial charge in [0.1, 0.15) is 12.2 Å². The van der Waals surface area contributed by atoms with E-state index in [1.807, 2.05) is 41.5 Å². The molecule has 0 amide bonds. The zero-order valence-electron chi connectivity index (χ0n) is 25.2. The number of carbonyl (C=O) groups excluding carboxylic acids is 3. The van der Waals surface area contributed by atoms with Crippen LogP contribution in [0.5, 0.6) is 0 Å². The van der Waals surface area contributed by atoms with E-state index in [0.29, 0.717) is 24.7 Å². The minimum absolute atomic E-state index is 0.0341. The van der Waals surface area contributed by atoms with Gasteiger partial charge in [-0.1, -0.05) is 13.8 Å². The fourth-order valence-electron chi connectivity index (χ4n) is 6.19. The average Bonchev–Trinajstić information content (AvgIpc) is 2.83. The highest BCUT2D eigenvalue weighted by atomic mass is 16.7. The summed E-state index contributed by atoms with van der Waals surface area (Å²) in [6, 6.07) is 0. The second kappa shape index (κ2) is 12.0. The lowest BCUT2D eigenvalue weighted by atomic mass is 9.52. The van der Waals surface area contributed by atoms with Crippen LogP contribution in [0.2, 0.25) is 0 Å². The predicted molar refractivity (Wildman–Crippen MR) is 143 cm³/mol. The fourth-order valence-corrected chi connectivity index (χ4v) is 6.19. The molecule has 0 aromatic rings. The van der Waals surface area contributed by atoms with E-state index >= 15 is 0 Å². The minimum Gasteiger partial charge on any atom is -0.459 e. The van der Waals surface area contributed by atoms with Crippen molar-refractivity contribution < 1.29 is 43.2 Å². The molecule has 0 aromatic heterocycles. The summed E-state index contributed by atoms with van der Waals surface area (Å²) in [6.07, 6.45) is 6.16. The highest BCUT2D eigenvalue weighted by Gasteiger charge is 2.59. The van der Waals surface area contributed by atoms with Crippen LogP contribution in [-0.2, 0) is 38.1 Å². The Morgan fingerprint density at radius 1 is 0.897 bits per heavy atom. The van der Waals surface area contributed by atoms with Crippen LogP contribution in [0.4, 0.5) is 0 Å². The molecule has 0 spiro atoms. The van der Waals surface area contributed by atoms with Gasteiger partial charge in [0.2, 0.25) is 6.29 Å². The fraction of sp³-hybridized carbons (Fsp3) is 0.900. The van der Waals surface area contributed by atoms with Crippen molar-refractivity contribution in [2.75, 3.05) is 13.2 Å². The first-order chi connectivity index (χ1) is 18.0. The van der Waals surface area contributed by atoms with Gasteiger partial charge in [0.15, 0.2) is 6.61 Å². The zero-order chi connectivity index (χ0) is 29.2. The number of hydrogen-bond donors (Lipinski definition) is 1. The van der Waals surface area contributed by atoms with Gasteiger partial charge in [0.05, 0.1) is 28.6 Å². The third kappa shape index (κ3) is 7.94. The Balaban J connectivity index is 0.000000216. The smallest absolute Gasteiger partial charge is 0.346 e. The molecule has 1 heterocycles. The molecule has 5 rings (SSSR count). The van der Waals surface area contributed by atoms with E-state index in [9.17, 15) is 19.5 Å². The van der Waals surface area contributed by atoms with Crippen LogP contribution in [-0.4, -0.2) is 65.9 Å². The van der Waals surface area contributed by atoms with E-state index in [-0.39, 0.29) is 30.4 Å². The lowest BCUT2D eigenvalue weighted by molar-refractivity contribution is -0.254. The molecule has 5 atom stereocenters. The van der Waals surface area contributed by atoms with Crippen LogP contribution in [0.3, 0.4) is 0 Å². The molecule has 1 saturated heterocycles. The maximum Gasteiger partial charge on any atom is 0.346 e. The first kappa shape index (κ1) is 31.8. The highest BCUT2D eigenvalue weighted by Crippen LogP contribution is 2.59. The molecule has 0 radical (unpaired) electrons. The van der Waals surface area contributed by atoms with Gasteiger partial charge >= 0.3 is 17.9 Å². The lowest BCUT2D eigenvalue weighted by Crippen LogP contribution is -2.61. The molecule has 4 aliphatic carbocycles. The van der Waals surface area contributed by atoms with Crippen molar-refractivity contribution in [2.45, 2.75) is 136 Å². The van der Waals surface area contributed by atoms with Gasteiger partial charge in [-0.15, -0.1) is 0 Å². The van der Waals surface area contributed by atoms with E-state index in [4.69, 9.17) is 23.7 Å². The van der Waals surface area contributed by atoms with Crippen LogP contribution >= 0.6 is 0 Å². The van der Waals surface area contributed by atoms with Gasteiger partial charge in [-0.2, -0.15) is 0 Å². The van der Waals surface area contributed by atoms with Crippen molar-refractivity contribution in [2.24, 2.45) is 22.7 Å². The van der Waals surface area contributed by atoms with Crippen molar-refractivity contribution in [1.29, 1.82) is 0 Å². The third-order valence-corrected chi connectivity index (χ3v) is 9.27. The van der Waals surface area contributed by atoms with Gasteiger partial charge in [-0.05, 0) is 98.3 Å². The van der Waals surface area contributed by atoms with Crippen LogP contribution < -0.4 is 0 Å². The maximum atomic E-state index is 12.4. The second-order valence-corrected chi connectivity index (χ2v) is 13.6. The Kier molecular flexibility index (Phi) is 9.81. The Morgan fingerprint density at radius 3 is 1.97 bits per heavy atom. The summed E-state index contributed by atoms with van der Waals surface area (Å²) in [6.45, 7) is 14.8. The molecule has 224 valence electrons. The Hall–Kier alpha value is -1.71. The molecule has 4 bridgehead atoms. The maximum absolute atomic E-state index is 12.4. The van der Waals surface area contributed by atoms with E-state index in [2.05, 4.69) is 0 Å². The summed E-state index contributed by atoms with van der Waals surface area (Å²) >= 11 is 0.